The molecule has 2 heteroatoms. The van der Waals surface area contributed by atoms with Gasteiger partial charge in [0, 0.05) is 18.6 Å². The lowest BCUT2D eigenvalue weighted by atomic mass is 9.78. The monoisotopic (exact) mass is 257 g/mol. The highest BCUT2D eigenvalue weighted by Gasteiger charge is 2.36. The van der Waals surface area contributed by atoms with E-state index in [-0.39, 0.29) is 0 Å². The minimum Gasteiger partial charge on any atom is -0.379 e. The number of hydrogen-bond acceptors (Lipinski definition) is 2. The van der Waals surface area contributed by atoms with Crippen LogP contribution in [0, 0.1) is 0 Å². The molecule has 1 saturated heterocycles. The third kappa shape index (κ3) is 4.89. The highest BCUT2D eigenvalue weighted by Crippen LogP contribution is 2.36. The molecule has 0 unspecified atom stereocenters. The Morgan fingerprint density at radius 1 is 0.889 bits per heavy atom. The predicted octanol–water partition coefficient (Wildman–Crippen LogP) is 4.48. The van der Waals surface area contributed by atoms with Crippen molar-refractivity contribution in [1.29, 1.82) is 0 Å². The third-order valence-corrected chi connectivity index (χ3v) is 4.12. The number of hydrogen-bond donors (Lipinski definition) is 0. The lowest BCUT2D eigenvalue weighted by Crippen LogP contribution is -2.54. The van der Waals surface area contributed by atoms with Gasteiger partial charge >= 0.3 is 0 Å². The highest BCUT2D eigenvalue weighted by molar-refractivity contribution is 4.92. The van der Waals surface area contributed by atoms with E-state index in [1.807, 2.05) is 27.7 Å². The first-order chi connectivity index (χ1) is 8.87. The van der Waals surface area contributed by atoms with Crippen molar-refractivity contribution in [3.8, 4) is 0 Å². The fraction of sp³-hybridized carbons (Fsp3) is 1.00. The highest BCUT2D eigenvalue weighted by atomic mass is 16.5. The van der Waals surface area contributed by atoms with Gasteiger partial charge in [0.15, 0.2) is 0 Å². The van der Waals surface area contributed by atoms with Gasteiger partial charge in [0.2, 0.25) is 0 Å². The third-order valence-electron chi connectivity index (χ3n) is 4.12. The predicted molar refractivity (Wildman–Crippen MR) is 81.2 cm³/mol. The largest absolute Gasteiger partial charge is 0.379 e. The van der Waals surface area contributed by atoms with Gasteiger partial charge < -0.3 is 4.74 Å². The molecule has 0 atom stereocenters. The summed E-state index contributed by atoms with van der Waals surface area (Å²) in [6.07, 6.45) is 8.49. The van der Waals surface area contributed by atoms with Crippen LogP contribution >= 0.6 is 0 Å². The Morgan fingerprint density at radius 3 is 1.83 bits per heavy atom. The SMILES string of the molecule is CC.CC.CCC1(N2CCOCC2)CCCCC1. The smallest absolute Gasteiger partial charge is 0.0594 e. The molecule has 0 spiro atoms. The van der Waals surface area contributed by atoms with Crippen LogP contribution in [0.1, 0.15) is 73.1 Å². The molecule has 1 aliphatic carbocycles. The summed E-state index contributed by atoms with van der Waals surface area (Å²) in [6.45, 7) is 14.6. The molecular weight excluding hydrogens is 222 g/mol. The van der Waals surface area contributed by atoms with E-state index in [9.17, 15) is 0 Å². The van der Waals surface area contributed by atoms with Crippen molar-refractivity contribution in [2.45, 2.75) is 78.7 Å². The van der Waals surface area contributed by atoms with Gasteiger partial charge in [0.1, 0.15) is 0 Å². The minimum atomic E-state index is 0.544. The van der Waals surface area contributed by atoms with Crippen LogP contribution in [-0.4, -0.2) is 36.7 Å². The minimum absolute atomic E-state index is 0.544. The molecule has 0 aromatic heterocycles. The van der Waals surface area contributed by atoms with Gasteiger partial charge in [-0.3, -0.25) is 4.90 Å². The van der Waals surface area contributed by atoms with E-state index in [1.165, 1.54) is 38.5 Å². The summed E-state index contributed by atoms with van der Waals surface area (Å²) in [5, 5.41) is 0. The number of ether oxygens (including phenoxy) is 1. The van der Waals surface area contributed by atoms with Crippen molar-refractivity contribution < 1.29 is 4.74 Å². The zero-order valence-corrected chi connectivity index (χ0v) is 13.4. The summed E-state index contributed by atoms with van der Waals surface area (Å²) in [5.41, 5.74) is 0.544. The molecule has 2 nitrogen and oxygen atoms in total. The zero-order chi connectivity index (χ0) is 13.9. The summed E-state index contributed by atoms with van der Waals surface area (Å²) in [5.74, 6) is 0. The van der Waals surface area contributed by atoms with Crippen LogP contribution in [0.15, 0.2) is 0 Å². The molecule has 1 aliphatic heterocycles. The molecule has 0 aromatic rings. The van der Waals surface area contributed by atoms with E-state index >= 15 is 0 Å². The Bertz CT molecular complexity index is 170. The van der Waals surface area contributed by atoms with Crippen molar-refractivity contribution in [2.75, 3.05) is 26.3 Å². The number of rotatable bonds is 2. The van der Waals surface area contributed by atoms with Crippen LogP contribution in [0.2, 0.25) is 0 Å². The van der Waals surface area contributed by atoms with E-state index in [2.05, 4.69) is 11.8 Å². The molecule has 1 heterocycles. The fourth-order valence-electron chi connectivity index (χ4n) is 3.14. The van der Waals surface area contributed by atoms with Crippen LogP contribution in [0.5, 0.6) is 0 Å². The molecule has 1 saturated carbocycles. The summed E-state index contributed by atoms with van der Waals surface area (Å²) >= 11 is 0. The summed E-state index contributed by atoms with van der Waals surface area (Å²) < 4.78 is 5.44. The Balaban J connectivity index is 0.000000659. The second-order valence-corrected chi connectivity index (χ2v) is 4.74. The van der Waals surface area contributed by atoms with Crippen LogP contribution in [0.25, 0.3) is 0 Å². The number of morpholine rings is 1. The van der Waals surface area contributed by atoms with Crippen LogP contribution in [0.4, 0.5) is 0 Å². The maximum atomic E-state index is 5.44. The van der Waals surface area contributed by atoms with Gasteiger partial charge in [0.05, 0.1) is 13.2 Å². The molecule has 0 amide bonds. The maximum Gasteiger partial charge on any atom is 0.0594 e. The molecule has 0 N–H and O–H groups in total. The Hall–Kier alpha value is -0.0800. The average Bonchev–Trinajstić information content (AvgIpc) is 2.53. The summed E-state index contributed by atoms with van der Waals surface area (Å²) in [7, 11) is 0. The molecule has 0 radical (unpaired) electrons. The van der Waals surface area contributed by atoms with Crippen molar-refractivity contribution in [3.05, 3.63) is 0 Å². The zero-order valence-electron chi connectivity index (χ0n) is 13.4. The van der Waals surface area contributed by atoms with Gasteiger partial charge in [-0.15, -0.1) is 0 Å². The van der Waals surface area contributed by atoms with E-state index < -0.39 is 0 Å². The lowest BCUT2D eigenvalue weighted by Gasteiger charge is -2.47. The molecule has 0 bridgehead atoms. The van der Waals surface area contributed by atoms with Gasteiger partial charge in [-0.1, -0.05) is 53.9 Å². The lowest BCUT2D eigenvalue weighted by molar-refractivity contribution is -0.0390. The Morgan fingerprint density at radius 2 is 1.39 bits per heavy atom. The maximum absolute atomic E-state index is 5.44. The first-order valence-electron chi connectivity index (χ1n) is 8.20. The van der Waals surface area contributed by atoms with Crippen molar-refractivity contribution in [3.63, 3.8) is 0 Å². The molecule has 0 aromatic carbocycles. The van der Waals surface area contributed by atoms with Gasteiger partial charge in [-0.2, -0.15) is 0 Å². The first kappa shape index (κ1) is 17.9. The van der Waals surface area contributed by atoms with Crippen LogP contribution < -0.4 is 0 Å². The standard InChI is InChI=1S/C12H23NO.2C2H6/c1-2-12(6-4-3-5-7-12)13-8-10-14-11-9-13;2*1-2/h2-11H2,1H3;2*1-2H3. The normalized spacial score (nSPS) is 23.2. The molecule has 110 valence electrons. The Labute approximate surface area is 115 Å². The van der Waals surface area contributed by atoms with E-state index in [0.717, 1.165) is 26.3 Å². The number of nitrogens with zero attached hydrogens (tertiary/aromatic N) is 1. The molecule has 18 heavy (non-hydrogen) atoms. The van der Waals surface area contributed by atoms with Gasteiger partial charge in [-0.25, -0.2) is 0 Å². The summed E-state index contributed by atoms with van der Waals surface area (Å²) in [6, 6.07) is 0. The summed E-state index contributed by atoms with van der Waals surface area (Å²) in [4.78, 5) is 2.70. The van der Waals surface area contributed by atoms with Crippen molar-refractivity contribution >= 4 is 0 Å². The molecule has 2 fully saturated rings. The van der Waals surface area contributed by atoms with Crippen molar-refractivity contribution in [2.24, 2.45) is 0 Å². The van der Waals surface area contributed by atoms with E-state index in [4.69, 9.17) is 4.74 Å². The second-order valence-electron chi connectivity index (χ2n) is 4.74. The van der Waals surface area contributed by atoms with E-state index in [1.54, 1.807) is 0 Å². The topological polar surface area (TPSA) is 12.5 Å². The fourth-order valence-corrected chi connectivity index (χ4v) is 3.14. The van der Waals surface area contributed by atoms with E-state index in [0.29, 0.717) is 5.54 Å². The van der Waals surface area contributed by atoms with Crippen LogP contribution in [0.3, 0.4) is 0 Å². The van der Waals surface area contributed by atoms with Gasteiger partial charge in [-0.05, 0) is 19.3 Å². The quantitative estimate of drug-likeness (QED) is 0.723. The van der Waals surface area contributed by atoms with Crippen molar-refractivity contribution in [1.82, 2.24) is 4.90 Å². The molecular formula is C16H35NO. The molecule has 2 rings (SSSR count). The first-order valence-corrected chi connectivity index (χ1v) is 8.20. The Kier molecular flexibility index (Phi) is 10.8. The average molecular weight is 257 g/mol. The van der Waals surface area contributed by atoms with Gasteiger partial charge in [0.25, 0.3) is 0 Å². The second kappa shape index (κ2) is 10.8. The molecule has 2 aliphatic rings. The van der Waals surface area contributed by atoms with Crippen LogP contribution in [-0.2, 0) is 4.74 Å².